The molecule has 6 atom stereocenters. The topological polar surface area (TPSA) is 132 Å². The zero-order valence-corrected chi connectivity index (χ0v) is 24.0. The number of hydrogen-bond donors (Lipinski definition) is 1. The molecule has 0 radical (unpaired) electrons. The first-order valence-corrected chi connectivity index (χ1v) is 14.7. The fourth-order valence-corrected chi connectivity index (χ4v) is 7.86. The molecule has 4 heterocycles. The highest BCUT2D eigenvalue weighted by molar-refractivity contribution is 7.86. The lowest BCUT2D eigenvalue weighted by atomic mass is 9.89. The Labute approximate surface area is 244 Å². The molecule has 3 amide bonds. The van der Waals surface area contributed by atoms with Gasteiger partial charge in [0.1, 0.15) is 41.7 Å². The van der Waals surface area contributed by atoms with Crippen molar-refractivity contribution >= 4 is 34.5 Å². The van der Waals surface area contributed by atoms with E-state index in [0.29, 0.717) is 22.5 Å². The lowest BCUT2D eigenvalue weighted by Gasteiger charge is -2.51. The van der Waals surface area contributed by atoms with Crippen LogP contribution < -0.4 is 10.1 Å². The van der Waals surface area contributed by atoms with Crippen molar-refractivity contribution in [2.24, 2.45) is 0 Å². The number of amides is 3. The second-order valence-corrected chi connectivity index (χ2v) is 12.2. The zero-order chi connectivity index (χ0) is 29.7. The maximum atomic E-state index is 14.0. The largest absolute Gasteiger partial charge is 0.497 e. The summed E-state index contributed by atoms with van der Waals surface area (Å²) in [6.07, 6.45) is -0.0322. The van der Waals surface area contributed by atoms with Gasteiger partial charge in [-0.1, -0.05) is 42.5 Å². The standard InChI is InChI=1S/C30H29N3O8S/c1-32(2)27(35)19-14-20-22-24(30(37)40-15-17-9-11-18(39-3)12-10-17)33-28(36)23(29(33)42(38)26(22)25(19)41-20)31-21(34)13-16-7-5-4-6-8-16/h4-12,14,20,23,25-26,29H,13,15H2,1-3H3,(H,31,34)/t20-,23+,25+,26+,29+,42-/m0/s1. The molecular weight excluding hydrogens is 562 g/mol. The van der Waals surface area contributed by atoms with Crippen LogP contribution in [0.3, 0.4) is 0 Å². The highest BCUT2D eigenvalue weighted by Crippen LogP contribution is 2.50. The molecular formula is C30H29N3O8S. The SMILES string of the molecule is COc1ccc(COC(=O)C2=C3[C@@H]4C=C(C(=O)N(C)C)[C@@H](O4)[C@@H]3[S@](=O)[C@@H]3[C@H](NC(=O)Cc4ccccc4)C(=O)N23)cc1. The average molecular weight is 592 g/mol. The van der Waals surface area contributed by atoms with Crippen molar-refractivity contribution in [3.8, 4) is 5.75 Å². The molecule has 1 N–H and O–H groups in total. The summed E-state index contributed by atoms with van der Waals surface area (Å²) in [4.78, 5) is 55.4. The number of ether oxygens (including phenoxy) is 3. The Balaban J connectivity index is 1.30. The van der Waals surface area contributed by atoms with Crippen molar-refractivity contribution in [2.45, 2.75) is 41.9 Å². The minimum absolute atomic E-state index is 0.0310. The van der Waals surface area contributed by atoms with Gasteiger partial charge in [0.15, 0.2) is 0 Å². The number of rotatable bonds is 8. The first kappa shape index (κ1) is 27.9. The van der Waals surface area contributed by atoms with E-state index in [4.69, 9.17) is 14.2 Å². The van der Waals surface area contributed by atoms with Gasteiger partial charge in [0.25, 0.3) is 11.8 Å². The van der Waals surface area contributed by atoms with Gasteiger partial charge in [-0.3, -0.25) is 23.5 Å². The van der Waals surface area contributed by atoms with Gasteiger partial charge in [0.05, 0.1) is 29.6 Å². The first-order chi connectivity index (χ1) is 20.2. The monoisotopic (exact) mass is 591 g/mol. The molecule has 2 saturated heterocycles. The molecule has 6 rings (SSSR count). The number of nitrogens with zero attached hydrogens (tertiary/aromatic N) is 2. The summed E-state index contributed by atoms with van der Waals surface area (Å²) in [6.45, 7) is -0.0769. The summed E-state index contributed by atoms with van der Waals surface area (Å²) in [5, 5.41) is 0.832. The molecule has 12 heteroatoms. The van der Waals surface area contributed by atoms with Crippen LogP contribution in [0.2, 0.25) is 0 Å². The molecule has 0 unspecified atom stereocenters. The van der Waals surface area contributed by atoms with Crippen LogP contribution in [-0.4, -0.2) is 87.8 Å². The number of carbonyl (C=O) groups is 4. The van der Waals surface area contributed by atoms with E-state index in [-0.39, 0.29) is 24.6 Å². The first-order valence-electron chi connectivity index (χ1n) is 13.4. The Kier molecular flexibility index (Phi) is 7.19. The van der Waals surface area contributed by atoms with Gasteiger partial charge in [0.2, 0.25) is 5.91 Å². The molecule has 4 aliphatic heterocycles. The Hall–Kier alpha value is -4.29. The summed E-state index contributed by atoms with van der Waals surface area (Å²) in [5.74, 6) is -1.39. The lowest BCUT2D eigenvalue weighted by Crippen LogP contribution is -2.75. The van der Waals surface area contributed by atoms with Gasteiger partial charge in [-0.15, -0.1) is 0 Å². The Morgan fingerprint density at radius 2 is 1.76 bits per heavy atom. The molecule has 2 fully saturated rings. The van der Waals surface area contributed by atoms with Crippen LogP contribution in [0, 0.1) is 0 Å². The van der Waals surface area contributed by atoms with E-state index in [2.05, 4.69) is 5.32 Å². The predicted molar refractivity (Wildman–Crippen MR) is 150 cm³/mol. The predicted octanol–water partition coefficient (Wildman–Crippen LogP) is 0.815. The molecule has 2 bridgehead atoms. The molecule has 42 heavy (non-hydrogen) atoms. The number of methoxy groups -OCH3 is 1. The number of likely N-dealkylation sites (N-methyl/N-ethyl adjacent to an activating group) is 1. The number of esters is 1. The van der Waals surface area contributed by atoms with Crippen molar-refractivity contribution < 1.29 is 37.6 Å². The van der Waals surface area contributed by atoms with Gasteiger partial charge < -0.3 is 24.4 Å². The molecule has 0 saturated carbocycles. The van der Waals surface area contributed by atoms with Crippen LogP contribution in [0.1, 0.15) is 11.1 Å². The van der Waals surface area contributed by atoms with E-state index in [9.17, 15) is 23.4 Å². The van der Waals surface area contributed by atoms with E-state index in [1.165, 1.54) is 4.90 Å². The van der Waals surface area contributed by atoms with Crippen molar-refractivity contribution in [2.75, 3.05) is 21.2 Å². The maximum Gasteiger partial charge on any atom is 0.355 e. The normalized spacial score (nSPS) is 27.0. The minimum Gasteiger partial charge on any atom is -0.497 e. The highest BCUT2D eigenvalue weighted by atomic mass is 32.2. The van der Waals surface area contributed by atoms with E-state index in [0.717, 1.165) is 10.5 Å². The fraction of sp³-hybridized carbons (Fsp3) is 0.333. The molecule has 0 spiro atoms. The van der Waals surface area contributed by atoms with Gasteiger partial charge in [-0.05, 0) is 29.3 Å². The Morgan fingerprint density at radius 3 is 2.43 bits per heavy atom. The zero-order valence-electron chi connectivity index (χ0n) is 23.1. The number of nitrogens with one attached hydrogen (secondary N) is 1. The quantitative estimate of drug-likeness (QED) is 0.353. The summed E-state index contributed by atoms with van der Waals surface area (Å²) >= 11 is 0. The van der Waals surface area contributed by atoms with Crippen LogP contribution in [0.15, 0.2) is 77.5 Å². The third kappa shape index (κ3) is 4.60. The summed E-state index contributed by atoms with van der Waals surface area (Å²) < 4.78 is 30.9. The minimum atomic E-state index is -1.80. The number of carbonyl (C=O) groups excluding carboxylic acids is 4. The fourth-order valence-electron chi connectivity index (χ4n) is 5.74. The third-order valence-electron chi connectivity index (χ3n) is 7.76. The van der Waals surface area contributed by atoms with Crippen molar-refractivity contribution in [1.82, 2.24) is 15.1 Å². The van der Waals surface area contributed by atoms with E-state index >= 15 is 0 Å². The van der Waals surface area contributed by atoms with Crippen molar-refractivity contribution in [1.29, 1.82) is 0 Å². The van der Waals surface area contributed by atoms with E-state index in [1.807, 2.05) is 6.07 Å². The number of hydrogen-bond acceptors (Lipinski definition) is 8. The van der Waals surface area contributed by atoms with E-state index in [1.54, 1.807) is 75.8 Å². The van der Waals surface area contributed by atoms with Crippen LogP contribution in [0.5, 0.6) is 5.75 Å². The second kappa shape index (κ2) is 10.8. The molecule has 0 aromatic heterocycles. The molecule has 2 aromatic rings. The van der Waals surface area contributed by atoms with Crippen molar-refractivity contribution in [3.63, 3.8) is 0 Å². The number of benzene rings is 2. The van der Waals surface area contributed by atoms with Crippen LogP contribution >= 0.6 is 0 Å². The second-order valence-electron chi connectivity index (χ2n) is 10.6. The third-order valence-corrected chi connectivity index (χ3v) is 9.72. The summed E-state index contributed by atoms with van der Waals surface area (Å²) in [5.41, 5.74) is 2.11. The van der Waals surface area contributed by atoms with Gasteiger partial charge in [0, 0.05) is 25.2 Å². The molecule has 0 aliphatic carbocycles. The Bertz CT molecular complexity index is 1550. The van der Waals surface area contributed by atoms with Crippen molar-refractivity contribution in [3.05, 3.63) is 88.6 Å². The number of fused-ring (bicyclic) bond motifs is 6. The van der Waals surface area contributed by atoms with Crippen LogP contribution in [0.25, 0.3) is 0 Å². The molecule has 11 nitrogen and oxygen atoms in total. The lowest BCUT2D eigenvalue weighted by molar-refractivity contribution is -0.153. The van der Waals surface area contributed by atoms with Crippen LogP contribution in [0.4, 0.5) is 0 Å². The molecule has 4 aliphatic rings. The van der Waals surface area contributed by atoms with Gasteiger partial charge in [-0.2, -0.15) is 0 Å². The molecule has 2 aromatic carbocycles. The Morgan fingerprint density at radius 1 is 1.05 bits per heavy atom. The molecule has 218 valence electrons. The van der Waals surface area contributed by atoms with Gasteiger partial charge >= 0.3 is 5.97 Å². The van der Waals surface area contributed by atoms with Crippen LogP contribution in [-0.2, 0) is 52.5 Å². The number of β-lactam (4-membered cyclic amide) rings is 1. The smallest absolute Gasteiger partial charge is 0.355 e. The highest BCUT2D eigenvalue weighted by Gasteiger charge is 2.65. The summed E-state index contributed by atoms with van der Waals surface area (Å²) in [7, 11) is 2.96. The van der Waals surface area contributed by atoms with Gasteiger partial charge in [-0.25, -0.2) is 4.79 Å². The summed E-state index contributed by atoms with van der Waals surface area (Å²) in [6, 6.07) is 14.9. The van der Waals surface area contributed by atoms with E-state index < -0.39 is 57.5 Å². The average Bonchev–Trinajstić information content (AvgIpc) is 3.59. The maximum absolute atomic E-state index is 14.0.